The number of carbonyl (C=O) groups is 1. The molecule has 2 N–H and O–H groups in total. The summed E-state index contributed by atoms with van der Waals surface area (Å²) in [4.78, 5) is 19.0. The molecule has 0 bridgehead atoms. The Balaban J connectivity index is 2.07. The monoisotopic (exact) mass is 232 g/mol. The van der Waals surface area contributed by atoms with Crippen molar-refractivity contribution >= 4 is 11.8 Å². The number of hydrogen-bond donors (Lipinski definition) is 2. The van der Waals surface area contributed by atoms with Gasteiger partial charge in [-0.1, -0.05) is 6.42 Å². The van der Waals surface area contributed by atoms with Crippen molar-refractivity contribution < 1.29 is 9.90 Å². The van der Waals surface area contributed by atoms with E-state index in [0.717, 1.165) is 6.42 Å². The Kier molecular flexibility index (Phi) is 2.91. The molecule has 0 saturated heterocycles. The van der Waals surface area contributed by atoms with Crippen LogP contribution in [0.3, 0.4) is 0 Å². The molecule has 2 rings (SSSR count). The molecule has 1 heterocycles. The van der Waals surface area contributed by atoms with E-state index in [1.807, 2.05) is 6.07 Å². The summed E-state index contributed by atoms with van der Waals surface area (Å²) in [6.45, 7) is 0.287. The van der Waals surface area contributed by atoms with Crippen LogP contribution in [0, 0.1) is 16.7 Å². The molecule has 1 aliphatic carbocycles. The van der Waals surface area contributed by atoms with Crippen LogP contribution in [0.5, 0.6) is 0 Å². The van der Waals surface area contributed by atoms with Gasteiger partial charge in [0, 0.05) is 18.9 Å². The smallest absolute Gasteiger partial charge is 0.311 e. The van der Waals surface area contributed by atoms with E-state index in [9.17, 15) is 4.79 Å². The largest absolute Gasteiger partial charge is 0.481 e. The van der Waals surface area contributed by atoms with E-state index in [2.05, 4.69) is 15.3 Å². The minimum Gasteiger partial charge on any atom is -0.481 e. The highest BCUT2D eigenvalue weighted by molar-refractivity contribution is 5.76. The summed E-state index contributed by atoms with van der Waals surface area (Å²) in [5.74, 6) is -0.443. The summed E-state index contributed by atoms with van der Waals surface area (Å²) in [5.41, 5.74) is -0.517. The molecule has 1 aliphatic rings. The Bertz CT molecular complexity index is 477. The zero-order valence-electron chi connectivity index (χ0n) is 9.18. The number of aromatic nitrogens is 2. The van der Waals surface area contributed by atoms with Crippen LogP contribution in [0.25, 0.3) is 0 Å². The van der Waals surface area contributed by atoms with Gasteiger partial charge in [-0.15, -0.1) is 0 Å². The van der Waals surface area contributed by atoms with Crippen LogP contribution in [-0.4, -0.2) is 27.6 Å². The highest BCUT2D eigenvalue weighted by atomic mass is 16.4. The van der Waals surface area contributed by atoms with E-state index < -0.39 is 11.4 Å². The molecule has 0 amide bonds. The van der Waals surface area contributed by atoms with Gasteiger partial charge in [0.05, 0.1) is 5.41 Å². The first-order valence-corrected chi connectivity index (χ1v) is 5.36. The molecule has 1 aromatic heterocycles. The van der Waals surface area contributed by atoms with Gasteiger partial charge in [-0.2, -0.15) is 5.26 Å². The van der Waals surface area contributed by atoms with E-state index in [0.29, 0.717) is 18.7 Å². The quantitative estimate of drug-likeness (QED) is 0.803. The van der Waals surface area contributed by atoms with Crippen molar-refractivity contribution in [1.29, 1.82) is 5.26 Å². The third-order valence-corrected chi connectivity index (χ3v) is 3.16. The van der Waals surface area contributed by atoms with Crippen LogP contribution >= 0.6 is 0 Å². The molecule has 1 fully saturated rings. The number of anilines is 1. The van der Waals surface area contributed by atoms with Crippen molar-refractivity contribution in [2.75, 3.05) is 11.9 Å². The van der Waals surface area contributed by atoms with Gasteiger partial charge < -0.3 is 10.4 Å². The maximum Gasteiger partial charge on any atom is 0.311 e. The number of nitrogens with one attached hydrogen (secondary N) is 1. The minimum atomic E-state index is -0.793. The molecule has 0 aromatic carbocycles. The van der Waals surface area contributed by atoms with Gasteiger partial charge in [-0.05, 0) is 12.8 Å². The van der Waals surface area contributed by atoms with Gasteiger partial charge >= 0.3 is 5.97 Å². The van der Waals surface area contributed by atoms with Crippen molar-refractivity contribution in [2.24, 2.45) is 5.41 Å². The van der Waals surface area contributed by atoms with E-state index >= 15 is 0 Å². The molecular formula is C11H12N4O2. The standard InChI is InChI=1S/C11H12N4O2/c12-6-8-9(14-5-4-13-8)15-7-11(10(16)17)2-1-3-11/h4-5H,1-3,7H2,(H,14,15)(H,16,17). The molecule has 17 heavy (non-hydrogen) atoms. The first kappa shape index (κ1) is 11.3. The number of carboxylic acids is 1. The highest BCUT2D eigenvalue weighted by Gasteiger charge is 2.44. The molecule has 0 radical (unpaired) electrons. The van der Waals surface area contributed by atoms with Crippen LogP contribution in [0.1, 0.15) is 25.0 Å². The van der Waals surface area contributed by atoms with E-state index in [4.69, 9.17) is 10.4 Å². The normalized spacial score (nSPS) is 16.6. The maximum atomic E-state index is 11.1. The maximum absolute atomic E-state index is 11.1. The third kappa shape index (κ3) is 2.04. The Morgan fingerprint density at radius 3 is 2.76 bits per heavy atom. The van der Waals surface area contributed by atoms with E-state index in [-0.39, 0.29) is 12.2 Å². The lowest BCUT2D eigenvalue weighted by molar-refractivity contribution is -0.153. The minimum absolute atomic E-state index is 0.187. The summed E-state index contributed by atoms with van der Waals surface area (Å²) in [6, 6.07) is 1.91. The van der Waals surface area contributed by atoms with Crippen molar-refractivity contribution in [3.8, 4) is 6.07 Å². The molecular weight excluding hydrogens is 220 g/mol. The Labute approximate surface area is 98.3 Å². The Morgan fingerprint density at radius 2 is 2.24 bits per heavy atom. The topological polar surface area (TPSA) is 98.9 Å². The Morgan fingerprint density at radius 1 is 1.53 bits per heavy atom. The van der Waals surface area contributed by atoms with Crippen LogP contribution in [0.2, 0.25) is 0 Å². The fourth-order valence-electron chi connectivity index (χ4n) is 1.87. The average Bonchev–Trinajstić information content (AvgIpc) is 2.27. The summed E-state index contributed by atoms with van der Waals surface area (Å²) in [6.07, 6.45) is 5.16. The SMILES string of the molecule is N#Cc1nccnc1NCC1(C(=O)O)CCC1. The zero-order chi connectivity index (χ0) is 12.3. The number of hydrogen-bond acceptors (Lipinski definition) is 5. The van der Waals surface area contributed by atoms with Crippen molar-refractivity contribution in [2.45, 2.75) is 19.3 Å². The second-order valence-corrected chi connectivity index (χ2v) is 4.16. The van der Waals surface area contributed by atoms with Crippen LogP contribution < -0.4 is 5.32 Å². The van der Waals surface area contributed by atoms with E-state index in [1.54, 1.807) is 0 Å². The predicted molar refractivity (Wildman–Crippen MR) is 59.2 cm³/mol. The average molecular weight is 232 g/mol. The molecule has 0 spiro atoms. The number of rotatable bonds is 4. The van der Waals surface area contributed by atoms with Crippen molar-refractivity contribution in [1.82, 2.24) is 9.97 Å². The molecule has 0 atom stereocenters. The fourth-order valence-corrected chi connectivity index (χ4v) is 1.87. The number of nitrogens with zero attached hydrogens (tertiary/aromatic N) is 3. The van der Waals surface area contributed by atoms with Crippen molar-refractivity contribution in [3.05, 3.63) is 18.1 Å². The highest BCUT2D eigenvalue weighted by Crippen LogP contribution is 2.41. The van der Waals surface area contributed by atoms with Gasteiger partial charge in [-0.3, -0.25) is 4.79 Å². The van der Waals surface area contributed by atoms with Gasteiger partial charge in [-0.25, -0.2) is 9.97 Å². The fraction of sp³-hybridized carbons (Fsp3) is 0.455. The number of aliphatic carboxylic acids is 1. The predicted octanol–water partition coefficient (Wildman–Crippen LogP) is 1.02. The first-order valence-electron chi connectivity index (χ1n) is 5.36. The third-order valence-electron chi connectivity index (χ3n) is 3.16. The zero-order valence-corrected chi connectivity index (χ0v) is 9.18. The van der Waals surface area contributed by atoms with Gasteiger partial charge in [0.15, 0.2) is 11.5 Å². The molecule has 0 aliphatic heterocycles. The second-order valence-electron chi connectivity index (χ2n) is 4.16. The Hall–Kier alpha value is -2.16. The number of nitriles is 1. The lowest BCUT2D eigenvalue weighted by Gasteiger charge is -2.37. The molecule has 88 valence electrons. The van der Waals surface area contributed by atoms with Gasteiger partial charge in [0.25, 0.3) is 0 Å². The summed E-state index contributed by atoms with van der Waals surface area (Å²) in [5, 5.41) is 20.9. The van der Waals surface area contributed by atoms with E-state index in [1.165, 1.54) is 12.4 Å². The van der Waals surface area contributed by atoms with Crippen LogP contribution in [-0.2, 0) is 4.79 Å². The van der Waals surface area contributed by atoms with Crippen molar-refractivity contribution in [3.63, 3.8) is 0 Å². The second kappa shape index (κ2) is 4.37. The summed E-state index contributed by atoms with van der Waals surface area (Å²) >= 11 is 0. The molecule has 6 nitrogen and oxygen atoms in total. The molecule has 6 heteroatoms. The lowest BCUT2D eigenvalue weighted by Crippen LogP contribution is -2.43. The molecule has 0 unspecified atom stereocenters. The summed E-state index contributed by atoms with van der Waals surface area (Å²) < 4.78 is 0. The van der Waals surface area contributed by atoms with Gasteiger partial charge in [0.2, 0.25) is 0 Å². The molecule has 1 aromatic rings. The van der Waals surface area contributed by atoms with Gasteiger partial charge in [0.1, 0.15) is 6.07 Å². The first-order chi connectivity index (χ1) is 8.18. The molecule has 1 saturated carbocycles. The van der Waals surface area contributed by atoms with Crippen LogP contribution in [0.15, 0.2) is 12.4 Å². The van der Waals surface area contributed by atoms with Crippen LogP contribution in [0.4, 0.5) is 5.82 Å². The number of carboxylic acid groups (broad SMARTS) is 1. The summed E-state index contributed by atoms with van der Waals surface area (Å²) in [7, 11) is 0. The lowest BCUT2D eigenvalue weighted by atomic mass is 9.69.